The summed E-state index contributed by atoms with van der Waals surface area (Å²) >= 11 is 7.22. The van der Waals surface area contributed by atoms with Crippen LogP contribution in [0.4, 0.5) is 5.82 Å². The number of aliphatic hydroxyl groups is 1. The summed E-state index contributed by atoms with van der Waals surface area (Å²) in [5.74, 6) is -3.79. The Morgan fingerprint density at radius 3 is 2.07 bits per heavy atom. The van der Waals surface area contributed by atoms with Gasteiger partial charge < -0.3 is 46.9 Å². The Hall–Kier alpha value is -7.64. The lowest BCUT2D eigenvalue weighted by Gasteiger charge is -2.50. The number of fused-ring (bicyclic) bond motifs is 17. The first-order valence-electron chi connectivity index (χ1n) is 27.3. The van der Waals surface area contributed by atoms with E-state index in [4.69, 9.17) is 39.6 Å². The highest BCUT2D eigenvalue weighted by Crippen LogP contribution is 2.57. The van der Waals surface area contributed by atoms with Gasteiger partial charge in [-0.15, -0.1) is 68.0 Å². The number of rotatable bonds is 11. The molecule has 12 rings (SSSR count). The lowest BCUT2D eigenvalue weighted by atomic mass is 9.53. The molecular formula is C57H57N13O10S6. The first-order valence-corrected chi connectivity index (χ1v) is 32.5. The largest absolute Gasteiger partial charge is 0.481 e. The Kier molecular flexibility index (Phi) is 17.5. The van der Waals surface area contributed by atoms with Gasteiger partial charge in [-0.05, 0) is 69.1 Å². The SMILES string of the molecule is CNC(=O)C[C@@H]1NC(=O)c2csc(n2)-c2ccc(-c3nc(NC(=O)C45CCC(C(=O)O)(CC4)CC5)cs3)nc2-c2csc(n2)-c2csc(n2)[C@H]([C@@H](O)c2ccccc2)NC(=O)CNC(=O)c2nc(sc2COC)[C@H](C(C)C)NC(=O)c2nc1sc2C. The van der Waals surface area contributed by atoms with Crippen LogP contribution < -0.4 is 31.9 Å². The highest BCUT2D eigenvalue weighted by atomic mass is 32.1. The van der Waals surface area contributed by atoms with Crippen LogP contribution in [0.2, 0.25) is 0 Å². The minimum atomic E-state index is -1.28. The third kappa shape index (κ3) is 12.2. The van der Waals surface area contributed by atoms with Gasteiger partial charge in [-0.1, -0.05) is 44.2 Å². The van der Waals surface area contributed by atoms with Crippen molar-refractivity contribution >= 4 is 115 Å². The number of hydrogen-bond acceptors (Lipinski definition) is 22. The molecule has 6 amide bonds. The normalized spacial score (nSPS) is 21.2. The van der Waals surface area contributed by atoms with Gasteiger partial charge in [0.25, 0.3) is 17.7 Å². The fourth-order valence-electron chi connectivity index (χ4n) is 10.7. The van der Waals surface area contributed by atoms with E-state index in [1.165, 1.54) is 70.8 Å². The molecule has 29 heteroatoms. The van der Waals surface area contributed by atoms with Crippen molar-refractivity contribution < 1.29 is 48.5 Å². The zero-order valence-corrected chi connectivity index (χ0v) is 51.7. The van der Waals surface area contributed by atoms with Crippen LogP contribution in [0.3, 0.4) is 0 Å². The summed E-state index contributed by atoms with van der Waals surface area (Å²) in [7, 11) is 2.94. The van der Waals surface area contributed by atoms with Crippen LogP contribution in [-0.2, 0) is 30.5 Å². The fraction of sp³-hybridized carbons (Fsp3) is 0.368. The second-order valence-corrected chi connectivity index (χ2v) is 27.3. The maximum absolute atomic E-state index is 14.3. The number of thiazole rings is 6. The van der Waals surface area contributed by atoms with E-state index in [1.807, 2.05) is 13.8 Å². The molecule has 0 radical (unpaired) electrons. The third-order valence-corrected chi connectivity index (χ3v) is 21.4. The minimum absolute atomic E-state index is 0.000908. The van der Waals surface area contributed by atoms with Crippen LogP contribution in [-0.4, -0.2) is 107 Å². The number of pyridine rings is 1. The molecule has 1 aliphatic heterocycles. The average molecular weight is 1280 g/mol. The summed E-state index contributed by atoms with van der Waals surface area (Å²) in [4.78, 5) is 131. The number of aromatic nitrogens is 7. The molecule has 446 valence electrons. The zero-order chi connectivity index (χ0) is 60.6. The van der Waals surface area contributed by atoms with Crippen molar-refractivity contribution in [1.82, 2.24) is 61.5 Å². The number of anilines is 1. The Morgan fingerprint density at radius 1 is 0.674 bits per heavy atom. The van der Waals surface area contributed by atoms with E-state index in [1.54, 1.807) is 70.9 Å². The van der Waals surface area contributed by atoms with E-state index in [2.05, 4.69) is 31.9 Å². The Labute approximate surface area is 516 Å². The van der Waals surface area contributed by atoms with E-state index < -0.39 is 77.1 Å². The molecule has 4 atom stereocenters. The molecule has 3 aliphatic carbocycles. The van der Waals surface area contributed by atoms with Gasteiger partial charge in [0.15, 0.2) is 0 Å². The lowest BCUT2D eigenvalue weighted by Crippen LogP contribution is -2.50. The molecule has 86 heavy (non-hydrogen) atoms. The first-order chi connectivity index (χ1) is 41.3. The summed E-state index contributed by atoms with van der Waals surface area (Å²) in [5, 5.41) is 48.3. The van der Waals surface area contributed by atoms with Crippen LogP contribution >= 0.6 is 68.0 Å². The highest BCUT2D eigenvalue weighted by molar-refractivity contribution is 7.15. The number of ether oxygens (including phenoxy) is 1. The highest BCUT2D eigenvalue weighted by Gasteiger charge is 2.55. The van der Waals surface area contributed by atoms with Crippen molar-refractivity contribution in [3.63, 3.8) is 0 Å². The molecule has 3 fully saturated rings. The molecule has 8 heterocycles. The summed E-state index contributed by atoms with van der Waals surface area (Å²) in [5.41, 5.74) is 1.29. The number of carboxylic acid groups (broad SMARTS) is 1. The fourth-order valence-corrected chi connectivity index (χ4v) is 16.2. The summed E-state index contributed by atoms with van der Waals surface area (Å²) in [6, 6.07) is 9.53. The van der Waals surface area contributed by atoms with E-state index in [0.717, 1.165) is 11.3 Å². The van der Waals surface area contributed by atoms with E-state index in [0.29, 0.717) is 118 Å². The Morgan fingerprint density at radius 2 is 1.35 bits per heavy atom. The summed E-state index contributed by atoms with van der Waals surface area (Å²) in [6.07, 6.45) is 1.28. The number of methoxy groups -OCH3 is 1. The van der Waals surface area contributed by atoms with Crippen LogP contribution in [0.25, 0.3) is 43.4 Å². The number of hydrogen-bond donors (Lipinski definition) is 8. The second-order valence-electron chi connectivity index (χ2n) is 21.5. The summed E-state index contributed by atoms with van der Waals surface area (Å²) < 4.78 is 5.45. The van der Waals surface area contributed by atoms with Gasteiger partial charge in [-0.3, -0.25) is 33.6 Å². The third-order valence-electron chi connectivity index (χ3n) is 15.7. The molecular weight excluding hydrogens is 1220 g/mol. The molecule has 7 aromatic heterocycles. The number of nitrogens with one attached hydrogen (secondary N) is 6. The predicted octanol–water partition coefficient (Wildman–Crippen LogP) is 8.68. The topological polar surface area (TPSA) is 332 Å². The van der Waals surface area contributed by atoms with Crippen molar-refractivity contribution in [2.24, 2.45) is 16.7 Å². The number of nitrogens with zero attached hydrogens (tertiary/aromatic N) is 7. The van der Waals surface area contributed by atoms with E-state index in [-0.39, 0.29) is 41.9 Å². The Balaban J connectivity index is 0.964. The molecule has 0 saturated heterocycles. The summed E-state index contributed by atoms with van der Waals surface area (Å²) in [6.45, 7) is 4.96. The molecule has 0 spiro atoms. The lowest BCUT2D eigenvalue weighted by molar-refractivity contribution is -0.162. The van der Waals surface area contributed by atoms with Gasteiger partial charge in [0.2, 0.25) is 17.7 Å². The second kappa shape index (κ2) is 25.0. The molecule has 12 bridgehead atoms. The van der Waals surface area contributed by atoms with Crippen molar-refractivity contribution in [2.45, 2.75) is 96.6 Å². The van der Waals surface area contributed by atoms with E-state index in [9.17, 15) is 43.8 Å². The smallest absolute Gasteiger partial charge is 0.309 e. The number of carbonyl (C=O) groups excluding carboxylic acids is 6. The van der Waals surface area contributed by atoms with E-state index >= 15 is 0 Å². The number of aliphatic hydroxyl groups excluding tert-OH is 1. The molecule has 3 saturated carbocycles. The number of aliphatic carboxylic acids is 1. The average Bonchev–Trinajstić information content (AvgIpc) is 2.01. The van der Waals surface area contributed by atoms with Crippen LogP contribution in [0, 0.1) is 23.7 Å². The van der Waals surface area contributed by atoms with Gasteiger partial charge in [0, 0.05) is 51.5 Å². The van der Waals surface area contributed by atoms with Crippen LogP contribution in [0.1, 0.15) is 145 Å². The van der Waals surface area contributed by atoms with Crippen molar-refractivity contribution in [1.29, 1.82) is 0 Å². The maximum atomic E-state index is 14.3. The molecule has 1 aromatic carbocycles. The monoisotopic (exact) mass is 1280 g/mol. The van der Waals surface area contributed by atoms with Gasteiger partial charge >= 0.3 is 5.97 Å². The number of aryl methyl sites for hydroxylation is 1. The first kappa shape index (κ1) is 60.1. The number of benzene rings is 1. The quantitative estimate of drug-likeness (QED) is 0.0600. The molecule has 8 aromatic rings. The van der Waals surface area contributed by atoms with Crippen LogP contribution in [0.15, 0.2) is 64.0 Å². The number of carboxylic acids is 1. The molecule has 0 unspecified atom stereocenters. The standard InChI is InChI=1S/C57H57N13O10S6/c1-26(2)39-53-70-42(35(86-53)21-80-5)46(75)59-20-38(72)67-43(44(73)28-9-7-6-8-10-28)52-64-34(24-83-52)50-62-32(22-82-50)41-29(48-63-33(23-81-48)45(74)61-31(19-37(71)58-4)51-69-40(27(3)85-51)47(76)68-39)11-12-30(60-41)49-65-36(25-84-49)66-54(77)56-13-16-57(17-14-56,18-15-56)55(78)79/h6-12,22-26,31,39,43-44,73H,13-21H2,1-5H3,(H,58,71)(H,59,75)(H,61,74)(H,66,77)(H,67,72)(H,68,76)(H,78,79)/t31-,39-,43-,44-,56?,57?/m0/s1. The van der Waals surface area contributed by atoms with Gasteiger partial charge in [0.05, 0.1) is 47.6 Å². The maximum Gasteiger partial charge on any atom is 0.309 e. The minimum Gasteiger partial charge on any atom is -0.481 e. The van der Waals surface area contributed by atoms with Gasteiger partial charge in [-0.2, -0.15) is 0 Å². The number of amides is 6. The number of carbonyl (C=O) groups is 7. The van der Waals surface area contributed by atoms with Gasteiger partial charge in [0.1, 0.15) is 82.2 Å². The van der Waals surface area contributed by atoms with Crippen LogP contribution in [0.5, 0.6) is 0 Å². The molecule has 8 N–H and O–H groups in total. The molecule has 23 nitrogen and oxygen atoms in total. The Bertz CT molecular complexity index is 3900. The van der Waals surface area contributed by atoms with Crippen molar-refractivity contribution in [3.8, 4) is 43.4 Å². The van der Waals surface area contributed by atoms with Gasteiger partial charge in [-0.25, -0.2) is 34.9 Å². The van der Waals surface area contributed by atoms with Crippen molar-refractivity contribution in [3.05, 3.63) is 111 Å². The predicted molar refractivity (Wildman–Crippen MR) is 326 cm³/mol. The zero-order valence-electron chi connectivity index (χ0n) is 46.8. The van der Waals surface area contributed by atoms with Crippen molar-refractivity contribution in [2.75, 3.05) is 26.0 Å². The molecule has 4 aliphatic rings.